The second-order valence-corrected chi connectivity index (χ2v) is 8.15. The maximum absolute atomic E-state index is 12.5. The second-order valence-electron chi connectivity index (χ2n) is 6.25. The van der Waals surface area contributed by atoms with E-state index in [1.165, 1.54) is 12.8 Å². The fourth-order valence-electron chi connectivity index (χ4n) is 3.08. The van der Waals surface area contributed by atoms with Crippen LogP contribution in [-0.4, -0.2) is 62.1 Å². The molecule has 0 bridgehead atoms. The lowest BCUT2D eigenvalue weighted by atomic mass is 9.98. The van der Waals surface area contributed by atoms with Gasteiger partial charge in [0.25, 0.3) is 10.0 Å². The zero-order valence-corrected chi connectivity index (χ0v) is 16.9. The smallest absolute Gasteiger partial charge is 0.350 e. The van der Waals surface area contributed by atoms with Crippen molar-refractivity contribution in [1.82, 2.24) is 9.21 Å². The Labute approximate surface area is 159 Å². The summed E-state index contributed by atoms with van der Waals surface area (Å²) in [5.41, 5.74) is 6.04. The van der Waals surface area contributed by atoms with Crippen molar-refractivity contribution in [3.05, 3.63) is 0 Å². The molecule has 2 N–H and O–H groups in total. The van der Waals surface area contributed by atoms with Crippen molar-refractivity contribution < 1.29 is 17.2 Å². The van der Waals surface area contributed by atoms with Crippen LogP contribution in [0.2, 0.25) is 0 Å². The summed E-state index contributed by atoms with van der Waals surface area (Å²) in [5, 5.41) is 0. The van der Waals surface area contributed by atoms with Gasteiger partial charge in [0.2, 0.25) is 0 Å². The third-order valence-corrected chi connectivity index (χ3v) is 6.14. The van der Waals surface area contributed by atoms with E-state index in [2.05, 4.69) is 9.89 Å². The summed E-state index contributed by atoms with van der Waals surface area (Å²) >= 11 is 0. The van der Waals surface area contributed by atoms with Crippen LogP contribution in [0, 0.1) is 5.92 Å². The molecule has 0 saturated carbocycles. The van der Waals surface area contributed by atoms with Gasteiger partial charge in [-0.15, -0.1) is 24.0 Å². The predicted molar refractivity (Wildman–Crippen MR) is 101 cm³/mol. The van der Waals surface area contributed by atoms with Crippen molar-refractivity contribution in [1.29, 1.82) is 0 Å². The van der Waals surface area contributed by atoms with E-state index < -0.39 is 15.8 Å². The average molecular weight is 480 g/mol. The number of alkyl halides is 2. The number of aliphatic imine (C=N–C) groups is 1. The molecular formula is C14H27F2IN4O2S. The van der Waals surface area contributed by atoms with Gasteiger partial charge >= 0.3 is 5.76 Å². The van der Waals surface area contributed by atoms with Gasteiger partial charge in [-0.1, -0.05) is 12.8 Å². The SMILES string of the molecule is I.NC(=NCC1CCN(S(=O)(=O)C(F)F)CC1)N1CCCCCC1. The molecule has 0 aromatic heterocycles. The van der Waals surface area contributed by atoms with Crippen LogP contribution in [0.5, 0.6) is 0 Å². The molecule has 2 fully saturated rings. The summed E-state index contributed by atoms with van der Waals surface area (Å²) in [7, 11) is -4.44. The molecule has 6 nitrogen and oxygen atoms in total. The largest absolute Gasteiger partial charge is 0.370 e. The lowest BCUT2D eigenvalue weighted by Gasteiger charge is -2.30. The van der Waals surface area contributed by atoms with E-state index in [4.69, 9.17) is 5.73 Å². The number of nitrogens with zero attached hydrogens (tertiary/aromatic N) is 3. The molecule has 0 radical (unpaired) electrons. The monoisotopic (exact) mass is 480 g/mol. The first kappa shape index (κ1) is 21.8. The summed E-state index contributed by atoms with van der Waals surface area (Å²) in [5.74, 6) is -2.59. The number of halogens is 3. The van der Waals surface area contributed by atoms with Crippen LogP contribution in [0.15, 0.2) is 4.99 Å². The first-order valence-corrected chi connectivity index (χ1v) is 9.73. The molecule has 2 heterocycles. The third-order valence-electron chi connectivity index (χ3n) is 4.60. The van der Waals surface area contributed by atoms with Gasteiger partial charge in [0, 0.05) is 32.7 Å². The molecular weight excluding hydrogens is 453 g/mol. The molecule has 0 aliphatic carbocycles. The lowest BCUT2D eigenvalue weighted by molar-refractivity contribution is 0.205. The van der Waals surface area contributed by atoms with Crippen molar-refractivity contribution in [2.24, 2.45) is 16.6 Å². The van der Waals surface area contributed by atoms with E-state index in [9.17, 15) is 17.2 Å². The number of nitrogens with two attached hydrogens (primary N) is 1. The zero-order chi connectivity index (χ0) is 16.9. The highest BCUT2D eigenvalue weighted by atomic mass is 127. The van der Waals surface area contributed by atoms with Crippen LogP contribution in [0.25, 0.3) is 0 Å². The second kappa shape index (κ2) is 10.0. The Morgan fingerprint density at radius 3 is 2.12 bits per heavy atom. The molecule has 0 amide bonds. The van der Waals surface area contributed by atoms with Crippen molar-refractivity contribution in [2.75, 3.05) is 32.7 Å². The van der Waals surface area contributed by atoms with Crippen molar-refractivity contribution in [2.45, 2.75) is 44.3 Å². The van der Waals surface area contributed by atoms with E-state index in [0.717, 1.165) is 30.2 Å². The average Bonchev–Trinajstić information content (AvgIpc) is 2.82. The van der Waals surface area contributed by atoms with Gasteiger partial charge in [-0.3, -0.25) is 4.99 Å². The Kier molecular flexibility index (Phi) is 9.13. The number of hydrogen-bond donors (Lipinski definition) is 1. The number of piperidine rings is 1. The van der Waals surface area contributed by atoms with E-state index >= 15 is 0 Å². The highest BCUT2D eigenvalue weighted by Crippen LogP contribution is 2.22. The molecule has 2 rings (SSSR count). The van der Waals surface area contributed by atoms with Gasteiger partial charge in [-0.25, -0.2) is 8.42 Å². The molecule has 0 atom stereocenters. The Hall–Kier alpha value is -0.230. The van der Waals surface area contributed by atoms with Gasteiger partial charge in [0.1, 0.15) is 0 Å². The summed E-state index contributed by atoms with van der Waals surface area (Å²) in [6, 6.07) is 0. The minimum Gasteiger partial charge on any atom is -0.370 e. The minimum absolute atomic E-state index is 0. The van der Waals surface area contributed by atoms with Crippen LogP contribution in [0.4, 0.5) is 8.78 Å². The molecule has 2 saturated heterocycles. The Morgan fingerprint density at radius 1 is 1.08 bits per heavy atom. The summed E-state index contributed by atoms with van der Waals surface area (Å²) in [6.45, 7) is 2.67. The maximum Gasteiger partial charge on any atom is 0.350 e. The van der Waals surface area contributed by atoms with Crippen LogP contribution in [0.1, 0.15) is 38.5 Å². The van der Waals surface area contributed by atoms with E-state index in [-0.39, 0.29) is 43.0 Å². The number of guanidine groups is 1. The Morgan fingerprint density at radius 2 is 1.62 bits per heavy atom. The topological polar surface area (TPSA) is 79.0 Å². The van der Waals surface area contributed by atoms with Crippen LogP contribution in [-0.2, 0) is 10.0 Å². The van der Waals surface area contributed by atoms with Gasteiger partial charge in [0.15, 0.2) is 5.96 Å². The summed E-state index contributed by atoms with van der Waals surface area (Å²) in [6.07, 6.45) is 5.79. The standard InChI is InChI=1S/C14H26F2N4O2S.HI/c15-13(16)23(21,22)20-9-5-12(6-10-20)11-18-14(17)19-7-3-1-2-4-8-19;/h12-13H,1-11H2,(H2,17,18);1H. The molecule has 24 heavy (non-hydrogen) atoms. The summed E-state index contributed by atoms with van der Waals surface area (Å²) in [4.78, 5) is 6.54. The van der Waals surface area contributed by atoms with Crippen molar-refractivity contribution in [3.8, 4) is 0 Å². The molecule has 0 spiro atoms. The normalized spacial score (nSPS) is 22.3. The Balaban J connectivity index is 0.00000288. The Bertz CT molecular complexity index is 503. The number of rotatable bonds is 4. The maximum atomic E-state index is 12.5. The minimum atomic E-state index is -4.44. The number of likely N-dealkylation sites (tertiary alicyclic amines) is 1. The van der Waals surface area contributed by atoms with Crippen LogP contribution in [0.3, 0.4) is 0 Å². The third kappa shape index (κ3) is 5.94. The van der Waals surface area contributed by atoms with Gasteiger partial charge in [-0.2, -0.15) is 13.1 Å². The lowest BCUT2D eigenvalue weighted by Crippen LogP contribution is -2.42. The molecule has 2 aliphatic rings. The first-order valence-electron chi connectivity index (χ1n) is 8.23. The number of sulfonamides is 1. The molecule has 0 aromatic rings. The highest BCUT2D eigenvalue weighted by molar-refractivity contribution is 14.0. The molecule has 10 heteroatoms. The highest BCUT2D eigenvalue weighted by Gasteiger charge is 2.34. The van der Waals surface area contributed by atoms with Crippen molar-refractivity contribution >= 4 is 40.0 Å². The van der Waals surface area contributed by atoms with Gasteiger partial charge in [0.05, 0.1) is 0 Å². The predicted octanol–water partition coefficient (Wildman–Crippen LogP) is 2.06. The molecule has 142 valence electrons. The molecule has 0 aromatic carbocycles. The van der Waals surface area contributed by atoms with Crippen LogP contribution < -0.4 is 5.73 Å². The van der Waals surface area contributed by atoms with Crippen molar-refractivity contribution in [3.63, 3.8) is 0 Å². The van der Waals surface area contributed by atoms with Gasteiger partial charge < -0.3 is 10.6 Å². The first-order chi connectivity index (χ1) is 10.9. The van der Waals surface area contributed by atoms with Gasteiger partial charge in [-0.05, 0) is 31.6 Å². The van der Waals surface area contributed by atoms with E-state index in [1.54, 1.807) is 0 Å². The molecule has 0 unspecified atom stereocenters. The zero-order valence-electron chi connectivity index (χ0n) is 13.7. The number of hydrogen-bond acceptors (Lipinski definition) is 3. The quantitative estimate of drug-likeness (QED) is 0.380. The van der Waals surface area contributed by atoms with E-state index in [1.807, 2.05) is 0 Å². The fourth-order valence-corrected chi connectivity index (χ4v) is 4.03. The van der Waals surface area contributed by atoms with E-state index in [0.29, 0.717) is 25.3 Å². The van der Waals surface area contributed by atoms with Crippen LogP contribution >= 0.6 is 24.0 Å². The molecule has 2 aliphatic heterocycles. The summed E-state index contributed by atoms with van der Waals surface area (Å²) < 4.78 is 48.8. The fraction of sp³-hybridized carbons (Fsp3) is 0.929.